The Morgan fingerprint density at radius 3 is 2.53 bits per heavy atom. The zero-order valence-electron chi connectivity index (χ0n) is 11.3. The molecule has 0 amide bonds. The molecule has 2 heteroatoms. The van der Waals surface area contributed by atoms with E-state index in [1.54, 1.807) is 0 Å². The molecule has 0 radical (unpaired) electrons. The Bertz CT molecular complexity index is 367. The maximum absolute atomic E-state index is 3.45. The molecule has 1 aromatic carbocycles. The maximum Gasteiger partial charge on any atom is 0.0393 e. The van der Waals surface area contributed by atoms with Gasteiger partial charge >= 0.3 is 0 Å². The van der Waals surface area contributed by atoms with Gasteiger partial charge in [0.15, 0.2) is 0 Å². The summed E-state index contributed by atoms with van der Waals surface area (Å²) in [6, 6.07) is 8.65. The van der Waals surface area contributed by atoms with E-state index in [4.69, 9.17) is 0 Å². The molecule has 94 valence electrons. The van der Waals surface area contributed by atoms with Crippen LogP contribution in [0.4, 0.5) is 5.69 Å². The van der Waals surface area contributed by atoms with E-state index in [0.29, 0.717) is 5.41 Å². The number of para-hydroxylation sites is 1. The van der Waals surface area contributed by atoms with Crippen molar-refractivity contribution in [1.82, 2.24) is 5.32 Å². The summed E-state index contributed by atoms with van der Waals surface area (Å²) in [7, 11) is 2.22. The molecule has 1 aliphatic rings. The van der Waals surface area contributed by atoms with E-state index >= 15 is 0 Å². The highest BCUT2D eigenvalue weighted by Crippen LogP contribution is 2.31. The molecule has 0 saturated carbocycles. The quantitative estimate of drug-likeness (QED) is 0.862. The second kappa shape index (κ2) is 5.09. The average Bonchev–Trinajstić information content (AvgIpc) is 2.29. The van der Waals surface area contributed by atoms with Crippen molar-refractivity contribution >= 4 is 5.69 Å². The van der Waals surface area contributed by atoms with Gasteiger partial charge in [-0.2, -0.15) is 0 Å². The predicted molar refractivity (Wildman–Crippen MR) is 74.7 cm³/mol. The summed E-state index contributed by atoms with van der Waals surface area (Å²) in [5.74, 6) is 0. The van der Waals surface area contributed by atoms with Crippen LogP contribution >= 0.6 is 0 Å². The number of hydrogen-bond acceptors (Lipinski definition) is 2. The molecule has 0 atom stereocenters. The van der Waals surface area contributed by atoms with Gasteiger partial charge in [-0.3, -0.25) is 0 Å². The molecule has 0 unspecified atom stereocenters. The minimum Gasteiger partial charge on any atom is -0.374 e. The molecule has 2 rings (SSSR count). The van der Waals surface area contributed by atoms with E-state index in [9.17, 15) is 0 Å². The van der Waals surface area contributed by atoms with Crippen LogP contribution in [0.15, 0.2) is 24.3 Å². The lowest BCUT2D eigenvalue weighted by atomic mass is 9.80. The highest BCUT2D eigenvalue weighted by atomic mass is 15.1. The van der Waals surface area contributed by atoms with E-state index < -0.39 is 0 Å². The first kappa shape index (κ1) is 12.4. The Kier molecular flexibility index (Phi) is 3.72. The summed E-state index contributed by atoms with van der Waals surface area (Å²) in [5, 5.41) is 3.45. The molecule has 1 N–H and O–H groups in total. The second-order valence-electron chi connectivity index (χ2n) is 5.70. The van der Waals surface area contributed by atoms with Crippen molar-refractivity contribution in [2.24, 2.45) is 5.41 Å². The minimum absolute atomic E-state index is 0.461. The number of nitrogens with one attached hydrogen (secondary N) is 1. The van der Waals surface area contributed by atoms with Gasteiger partial charge in [-0.15, -0.1) is 0 Å². The number of benzene rings is 1. The van der Waals surface area contributed by atoms with Crippen LogP contribution in [0.2, 0.25) is 0 Å². The van der Waals surface area contributed by atoms with E-state index in [0.717, 1.165) is 19.6 Å². The van der Waals surface area contributed by atoms with Gasteiger partial charge in [-0.25, -0.2) is 0 Å². The number of nitrogens with zero attached hydrogens (tertiary/aromatic N) is 1. The zero-order valence-corrected chi connectivity index (χ0v) is 11.3. The first-order valence-electron chi connectivity index (χ1n) is 6.58. The van der Waals surface area contributed by atoms with Crippen molar-refractivity contribution in [2.75, 3.05) is 31.6 Å². The molecule has 1 aliphatic heterocycles. The maximum atomic E-state index is 3.45. The molecule has 1 saturated heterocycles. The Balaban J connectivity index is 2.06. The third-order valence-corrected chi connectivity index (χ3v) is 3.96. The lowest BCUT2D eigenvalue weighted by Crippen LogP contribution is -2.42. The average molecular weight is 232 g/mol. The normalized spacial score (nSPS) is 19.0. The third kappa shape index (κ3) is 3.01. The van der Waals surface area contributed by atoms with Crippen LogP contribution in [-0.2, 0) is 0 Å². The first-order valence-corrected chi connectivity index (χ1v) is 6.58. The monoisotopic (exact) mass is 232 g/mol. The lowest BCUT2D eigenvalue weighted by Gasteiger charge is -2.38. The molecule has 0 aliphatic carbocycles. The van der Waals surface area contributed by atoms with E-state index in [1.807, 2.05) is 0 Å². The summed E-state index contributed by atoms with van der Waals surface area (Å²) in [5.41, 5.74) is 3.20. The molecule has 2 nitrogen and oxygen atoms in total. The molecule has 0 aromatic heterocycles. The van der Waals surface area contributed by atoms with Crippen LogP contribution in [-0.4, -0.2) is 26.7 Å². The fourth-order valence-electron chi connectivity index (χ4n) is 2.84. The fraction of sp³-hybridized carbons (Fsp3) is 0.600. The highest BCUT2D eigenvalue weighted by molar-refractivity contribution is 5.52. The van der Waals surface area contributed by atoms with Gasteiger partial charge in [-0.1, -0.05) is 25.1 Å². The van der Waals surface area contributed by atoms with Crippen LogP contribution in [0, 0.1) is 12.3 Å². The van der Waals surface area contributed by atoms with E-state index in [1.165, 1.54) is 24.1 Å². The lowest BCUT2D eigenvalue weighted by molar-refractivity contribution is 0.237. The molecule has 1 fully saturated rings. The number of hydrogen-bond donors (Lipinski definition) is 1. The van der Waals surface area contributed by atoms with Gasteiger partial charge in [0.2, 0.25) is 0 Å². The van der Waals surface area contributed by atoms with Gasteiger partial charge in [0.05, 0.1) is 0 Å². The summed E-state index contributed by atoms with van der Waals surface area (Å²) in [6.07, 6.45) is 2.56. The molecule has 0 spiro atoms. The summed E-state index contributed by atoms with van der Waals surface area (Å²) in [4.78, 5) is 2.42. The molecule has 0 bridgehead atoms. The van der Waals surface area contributed by atoms with Crippen molar-refractivity contribution in [3.05, 3.63) is 29.8 Å². The van der Waals surface area contributed by atoms with Crippen molar-refractivity contribution in [1.29, 1.82) is 0 Å². The number of piperidine rings is 1. The predicted octanol–water partition coefficient (Wildman–Crippen LogP) is 2.82. The van der Waals surface area contributed by atoms with Crippen LogP contribution in [0.1, 0.15) is 25.3 Å². The SMILES string of the molecule is Cc1ccccc1N(C)CC1(C)CCNCC1. The molecular formula is C15H24N2. The van der Waals surface area contributed by atoms with E-state index in [-0.39, 0.29) is 0 Å². The summed E-state index contributed by atoms with van der Waals surface area (Å²) < 4.78 is 0. The van der Waals surface area contributed by atoms with Crippen LogP contribution in [0.25, 0.3) is 0 Å². The van der Waals surface area contributed by atoms with Crippen molar-refractivity contribution in [3.8, 4) is 0 Å². The smallest absolute Gasteiger partial charge is 0.0393 e. The Hall–Kier alpha value is -1.02. The van der Waals surface area contributed by atoms with Gasteiger partial charge in [0, 0.05) is 19.3 Å². The van der Waals surface area contributed by atoms with E-state index in [2.05, 4.69) is 55.4 Å². The molecular weight excluding hydrogens is 208 g/mol. The Morgan fingerprint density at radius 1 is 1.24 bits per heavy atom. The molecule has 17 heavy (non-hydrogen) atoms. The zero-order chi connectivity index (χ0) is 12.3. The summed E-state index contributed by atoms with van der Waals surface area (Å²) in [6.45, 7) is 8.09. The number of anilines is 1. The topological polar surface area (TPSA) is 15.3 Å². The summed E-state index contributed by atoms with van der Waals surface area (Å²) >= 11 is 0. The number of rotatable bonds is 3. The van der Waals surface area contributed by atoms with Gasteiger partial charge in [-0.05, 0) is 49.9 Å². The van der Waals surface area contributed by atoms with Crippen molar-refractivity contribution < 1.29 is 0 Å². The molecule has 1 aromatic rings. The van der Waals surface area contributed by atoms with Crippen molar-refractivity contribution in [2.45, 2.75) is 26.7 Å². The standard InChI is InChI=1S/C15H24N2/c1-13-6-4-5-7-14(13)17(3)12-15(2)8-10-16-11-9-15/h4-7,16H,8-12H2,1-3H3. The largest absolute Gasteiger partial charge is 0.374 e. The Morgan fingerprint density at radius 2 is 1.88 bits per heavy atom. The highest BCUT2D eigenvalue weighted by Gasteiger charge is 2.28. The third-order valence-electron chi connectivity index (χ3n) is 3.96. The van der Waals surface area contributed by atoms with Crippen LogP contribution in [0.5, 0.6) is 0 Å². The Labute approximate surface area is 105 Å². The second-order valence-corrected chi connectivity index (χ2v) is 5.70. The minimum atomic E-state index is 0.461. The van der Waals surface area contributed by atoms with Crippen LogP contribution < -0.4 is 10.2 Å². The first-order chi connectivity index (χ1) is 8.11. The van der Waals surface area contributed by atoms with Crippen LogP contribution in [0.3, 0.4) is 0 Å². The van der Waals surface area contributed by atoms with Gasteiger partial charge < -0.3 is 10.2 Å². The molecule has 1 heterocycles. The van der Waals surface area contributed by atoms with Gasteiger partial charge in [0.25, 0.3) is 0 Å². The fourth-order valence-corrected chi connectivity index (χ4v) is 2.84. The number of aryl methyl sites for hydroxylation is 1. The van der Waals surface area contributed by atoms with Crippen molar-refractivity contribution in [3.63, 3.8) is 0 Å². The van der Waals surface area contributed by atoms with Gasteiger partial charge in [0.1, 0.15) is 0 Å².